The van der Waals surface area contributed by atoms with Crippen LogP contribution in [0.25, 0.3) is 10.9 Å². The molecule has 0 saturated carbocycles. The molecule has 8 nitrogen and oxygen atoms in total. The van der Waals surface area contributed by atoms with E-state index in [1.807, 2.05) is 13.0 Å². The number of hydrogen-bond donors (Lipinski definition) is 6. The molecular weight excluding hydrogens is 350 g/mol. The Labute approximate surface area is 149 Å². The highest BCUT2D eigenvalue weighted by Crippen LogP contribution is 2.23. The first kappa shape index (κ1) is 19.5. The quantitative estimate of drug-likeness (QED) is 0.299. The number of hydrazone groups is 1. The van der Waals surface area contributed by atoms with Crippen LogP contribution in [0, 0.1) is 6.92 Å². The van der Waals surface area contributed by atoms with E-state index >= 15 is 0 Å². The number of anilines is 1. The molecule has 0 spiro atoms. The van der Waals surface area contributed by atoms with Crippen LogP contribution in [0.2, 0.25) is 5.02 Å². The van der Waals surface area contributed by atoms with E-state index in [1.54, 1.807) is 18.2 Å². The number of aryl methyl sites for hydroxylation is 1. The van der Waals surface area contributed by atoms with Crippen molar-refractivity contribution < 1.29 is 25.5 Å². The lowest BCUT2D eigenvalue weighted by Crippen LogP contribution is -2.46. The van der Waals surface area contributed by atoms with Crippen LogP contribution < -0.4 is 5.43 Å². The summed E-state index contributed by atoms with van der Waals surface area (Å²) in [4.78, 5) is 4.34. The molecule has 0 aliphatic carbocycles. The summed E-state index contributed by atoms with van der Waals surface area (Å²) < 4.78 is 0. The van der Waals surface area contributed by atoms with Crippen molar-refractivity contribution in [3.05, 3.63) is 34.9 Å². The summed E-state index contributed by atoms with van der Waals surface area (Å²) in [6.07, 6.45) is -5.59. The van der Waals surface area contributed by atoms with Gasteiger partial charge < -0.3 is 25.5 Å². The molecule has 0 radical (unpaired) electrons. The van der Waals surface area contributed by atoms with E-state index < -0.39 is 31.0 Å². The van der Waals surface area contributed by atoms with E-state index in [9.17, 15) is 20.4 Å². The van der Waals surface area contributed by atoms with E-state index in [-0.39, 0.29) is 0 Å². The van der Waals surface area contributed by atoms with Gasteiger partial charge in [-0.2, -0.15) is 5.10 Å². The minimum atomic E-state index is -1.71. The summed E-state index contributed by atoms with van der Waals surface area (Å²) in [5.74, 6) is 0.404. The number of hydrogen-bond acceptors (Lipinski definition) is 8. The fraction of sp³-hybridized carbons (Fsp3) is 0.375. The van der Waals surface area contributed by atoms with Gasteiger partial charge in [-0.1, -0.05) is 17.7 Å². The number of aliphatic hydroxyl groups excluding tert-OH is 5. The molecule has 136 valence electrons. The molecule has 0 aliphatic rings. The van der Waals surface area contributed by atoms with Gasteiger partial charge in [0.1, 0.15) is 30.2 Å². The Kier molecular flexibility index (Phi) is 6.65. The Balaban J connectivity index is 2.07. The molecule has 0 unspecified atom stereocenters. The zero-order chi connectivity index (χ0) is 18.6. The largest absolute Gasteiger partial charge is 0.394 e. The molecule has 0 fully saturated rings. The van der Waals surface area contributed by atoms with E-state index in [0.717, 1.165) is 17.2 Å². The number of halogens is 1. The standard InChI is InChI=1S/C16H20ClN3O5/c1-8-4-14(19-11-5-9(17)2-3-10(8)11)20-18-6-12(22)15(24)16(25)13(23)7-21/h2-6,12-13,15-16,21-25H,7H2,1H3,(H,19,20)/b18-6+/t12-,13-,15-,16-/m1/s1. The molecule has 9 heteroatoms. The van der Waals surface area contributed by atoms with Gasteiger partial charge in [0, 0.05) is 10.4 Å². The van der Waals surface area contributed by atoms with Crippen LogP contribution in [-0.2, 0) is 0 Å². The third kappa shape index (κ3) is 4.85. The molecule has 2 aromatic rings. The average Bonchev–Trinajstić information content (AvgIpc) is 2.59. The average molecular weight is 370 g/mol. The second-order valence-electron chi connectivity index (χ2n) is 5.60. The molecule has 6 N–H and O–H groups in total. The number of nitrogens with one attached hydrogen (secondary N) is 1. The first-order valence-electron chi connectivity index (χ1n) is 7.52. The van der Waals surface area contributed by atoms with Crippen LogP contribution in [0.15, 0.2) is 29.4 Å². The fourth-order valence-electron chi connectivity index (χ4n) is 2.24. The van der Waals surface area contributed by atoms with Gasteiger partial charge in [-0.25, -0.2) is 4.98 Å². The van der Waals surface area contributed by atoms with E-state index in [0.29, 0.717) is 16.4 Å². The van der Waals surface area contributed by atoms with Gasteiger partial charge in [0.25, 0.3) is 0 Å². The molecule has 0 aliphatic heterocycles. The third-order valence-corrected chi connectivity index (χ3v) is 3.90. The summed E-state index contributed by atoms with van der Waals surface area (Å²) >= 11 is 5.96. The van der Waals surface area contributed by atoms with Crippen LogP contribution in [0.3, 0.4) is 0 Å². The predicted molar refractivity (Wildman–Crippen MR) is 94.7 cm³/mol. The van der Waals surface area contributed by atoms with Crippen molar-refractivity contribution in [3.63, 3.8) is 0 Å². The van der Waals surface area contributed by atoms with Crippen molar-refractivity contribution >= 4 is 34.5 Å². The maximum Gasteiger partial charge on any atom is 0.147 e. The first-order valence-corrected chi connectivity index (χ1v) is 7.90. The number of pyridine rings is 1. The maximum atomic E-state index is 9.74. The molecule has 0 saturated heterocycles. The summed E-state index contributed by atoms with van der Waals surface area (Å²) in [6, 6.07) is 7.10. The highest BCUT2D eigenvalue weighted by molar-refractivity contribution is 6.31. The Morgan fingerprint density at radius 2 is 1.92 bits per heavy atom. The molecule has 0 bridgehead atoms. The van der Waals surface area contributed by atoms with Gasteiger partial charge in [0.2, 0.25) is 0 Å². The van der Waals surface area contributed by atoms with Crippen LogP contribution in [0.1, 0.15) is 5.56 Å². The number of aromatic nitrogens is 1. The lowest BCUT2D eigenvalue weighted by atomic mass is 10.0. The molecule has 4 atom stereocenters. The number of aliphatic hydroxyl groups is 5. The van der Waals surface area contributed by atoms with Gasteiger partial charge in [-0.15, -0.1) is 0 Å². The predicted octanol–water partition coefficient (Wildman–Crippen LogP) is 0.0302. The van der Waals surface area contributed by atoms with Crippen molar-refractivity contribution in [2.45, 2.75) is 31.3 Å². The zero-order valence-corrected chi connectivity index (χ0v) is 14.2. The van der Waals surface area contributed by atoms with Crippen molar-refractivity contribution in [2.75, 3.05) is 12.0 Å². The van der Waals surface area contributed by atoms with Crippen LogP contribution in [-0.4, -0.2) is 67.8 Å². The summed E-state index contributed by atoms with van der Waals surface area (Å²) in [5, 5.41) is 52.2. The molecule has 25 heavy (non-hydrogen) atoms. The monoisotopic (exact) mass is 369 g/mol. The number of benzene rings is 1. The Morgan fingerprint density at radius 3 is 2.60 bits per heavy atom. The van der Waals surface area contributed by atoms with Gasteiger partial charge in [-0.3, -0.25) is 5.43 Å². The first-order chi connectivity index (χ1) is 11.8. The molecular formula is C16H20ClN3O5. The normalized spacial score (nSPS) is 16.8. The highest BCUT2D eigenvalue weighted by Gasteiger charge is 2.29. The van der Waals surface area contributed by atoms with Gasteiger partial charge in [0.05, 0.1) is 18.3 Å². The summed E-state index contributed by atoms with van der Waals surface area (Å²) in [7, 11) is 0. The minimum Gasteiger partial charge on any atom is -0.394 e. The lowest BCUT2D eigenvalue weighted by molar-refractivity contribution is -0.0999. The number of nitrogens with zero attached hydrogens (tertiary/aromatic N) is 2. The van der Waals surface area contributed by atoms with Gasteiger partial charge in [0.15, 0.2) is 0 Å². The molecule has 1 heterocycles. The van der Waals surface area contributed by atoms with Crippen molar-refractivity contribution in [1.82, 2.24) is 4.98 Å². The Morgan fingerprint density at radius 1 is 1.20 bits per heavy atom. The Bertz CT molecular complexity index is 758. The number of fused-ring (bicyclic) bond motifs is 1. The topological polar surface area (TPSA) is 138 Å². The van der Waals surface area contributed by atoms with Crippen LogP contribution in [0.4, 0.5) is 5.82 Å². The van der Waals surface area contributed by atoms with Crippen molar-refractivity contribution in [3.8, 4) is 0 Å². The van der Waals surface area contributed by atoms with Crippen LogP contribution in [0.5, 0.6) is 0 Å². The molecule has 2 rings (SSSR count). The van der Waals surface area contributed by atoms with Crippen LogP contribution >= 0.6 is 11.6 Å². The smallest absolute Gasteiger partial charge is 0.147 e. The Hall–Kier alpha value is -1.81. The van der Waals surface area contributed by atoms with E-state index in [2.05, 4.69) is 15.5 Å². The zero-order valence-electron chi connectivity index (χ0n) is 13.4. The molecule has 1 aromatic heterocycles. The van der Waals surface area contributed by atoms with Gasteiger partial charge in [-0.05, 0) is 30.7 Å². The lowest BCUT2D eigenvalue weighted by Gasteiger charge is -2.23. The van der Waals surface area contributed by atoms with Crippen molar-refractivity contribution in [2.24, 2.45) is 5.10 Å². The second-order valence-corrected chi connectivity index (χ2v) is 6.03. The minimum absolute atomic E-state index is 0.404. The highest BCUT2D eigenvalue weighted by atomic mass is 35.5. The SMILES string of the molecule is Cc1cc(N/N=C/[C@@H](O)[C@@H](O)[C@H](O)[C@H](O)CO)nc2cc(Cl)ccc12. The third-order valence-electron chi connectivity index (χ3n) is 3.67. The second kappa shape index (κ2) is 8.52. The van der Waals surface area contributed by atoms with Gasteiger partial charge >= 0.3 is 0 Å². The van der Waals surface area contributed by atoms with Crippen molar-refractivity contribution in [1.29, 1.82) is 0 Å². The van der Waals surface area contributed by atoms with E-state index in [1.165, 1.54) is 0 Å². The summed E-state index contributed by atoms with van der Waals surface area (Å²) in [6.45, 7) is 1.15. The maximum absolute atomic E-state index is 9.74. The molecule has 1 aromatic carbocycles. The fourth-order valence-corrected chi connectivity index (χ4v) is 2.40. The molecule has 0 amide bonds. The number of rotatable bonds is 7. The van der Waals surface area contributed by atoms with E-state index in [4.69, 9.17) is 16.7 Å². The summed E-state index contributed by atoms with van der Waals surface area (Å²) in [5.41, 5.74) is 4.23.